The molecule has 0 radical (unpaired) electrons. The monoisotopic (exact) mass is 357 g/mol. The first-order chi connectivity index (χ1) is 12.7. The molecule has 0 spiro atoms. The van der Waals surface area contributed by atoms with E-state index in [-0.39, 0.29) is 11.9 Å². The van der Waals surface area contributed by atoms with Crippen molar-refractivity contribution < 1.29 is 14.3 Å². The molecule has 0 fully saturated rings. The predicted molar refractivity (Wildman–Crippen MR) is 100 cm³/mol. The van der Waals surface area contributed by atoms with Gasteiger partial charge in [-0.05, 0) is 31.4 Å². The summed E-state index contributed by atoms with van der Waals surface area (Å²) >= 11 is 0. The number of unbranched alkanes of at least 4 members (excludes halogenated alkanes) is 3. The molecule has 0 aliphatic heterocycles. The van der Waals surface area contributed by atoms with Crippen molar-refractivity contribution in [3.05, 3.63) is 47.8 Å². The van der Waals surface area contributed by atoms with Crippen molar-refractivity contribution in [1.29, 1.82) is 0 Å². The van der Waals surface area contributed by atoms with Gasteiger partial charge in [0.2, 0.25) is 0 Å². The van der Waals surface area contributed by atoms with Gasteiger partial charge >= 0.3 is 5.97 Å². The van der Waals surface area contributed by atoms with E-state index in [2.05, 4.69) is 15.2 Å². The smallest absolute Gasteiger partial charge is 0.305 e. The summed E-state index contributed by atoms with van der Waals surface area (Å²) < 4.78 is 6.43. The molecule has 0 bridgehead atoms. The zero-order valence-corrected chi connectivity index (χ0v) is 15.5. The van der Waals surface area contributed by atoms with Gasteiger partial charge in [-0.2, -0.15) is 5.10 Å². The summed E-state index contributed by atoms with van der Waals surface area (Å²) in [5.74, 6) is -0.251. The molecule has 0 unspecified atom stereocenters. The molecule has 1 aromatic carbocycles. The third-order valence-corrected chi connectivity index (χ3v) is 4.27. The molecule has 26 heavy (non-hydrogen) atoms. The molecular formula is C20H27N3O3. The fourth-order valence-corrected chi connectivity index (χ4v) is 2.84. The summed E-state index contributed by atoms with van der Waals surface area (Å²) in [5, 5.41) is 7.35. The normalized spacial score (nSPS) is 10.5. The van der Waals surface area contributed by atoms with Crippen LogP contribution in [0, 0.1) is 0 Å². The van der Waals surface area contributed by atoms with E-state index in [0.29, 0.717) is 18.5 Å². The van der Waals surface area contributed by atoms with Crippen molar-refractivity contribution in [2.24, 2.45) is 0 Å². The lowest BCUT2D eigenvalue weighted by Crippen LogP contribution is -2.25. The number of nitrogens with zero attached hydrogens (tertiary/aromatic N) is 2. The van der Waals surface area contributed by atoms with Gasteiger partial charge < -0.3 is 10.1 Å². The van der Waals surface area contributed by atoms with Crippen LogP contribution < -0.4 is 5.32 Å². The number of para-hydroxylation sites is 1. The Morgan fingerprint density at radius 3 is 2.54 bits per heavy atom. The largest absolute Gasteiger partial charge is 0.469 e. The van der Waals surface area contributed by atoms with E-state index in [0.717, 1.165) is 43.5 Å². The standard InChI is InChI=1S/C20H27N3O3/c1-3-18-17(15-22-23(18)16-11-7-6-8-12-16)20(25)21-14-10-5-4-9-13-19(24)26-2/h6-8,11-12,15H,3-5,9-10,13-14H2,1-2H3,(H,21,25). The van der Waals surface area contributed by atoms with Gasteiger partial charge in [0.05, 0.1) is 30.3 Å². The quantitative estimate of drug-likeness (QED) is 0.523. The highest BCUT2D eigenvalue weighted by Gasteiger charge is 2.16. The van der Waals surface area contributed by atoms with E-state index in [1.165, 1.54) is 7.11 Å². The van der Waals surface area contributed by atoms with Crippen LogP contribution >= 0.6 is 0 Å². The number of hydrogen-bond donors (Lipinski definition) is 1. The lowest BCUT2D eigenvalue weighted by molar-refractivity contribution is -0.140. The molecule has 0 aliphatic rings. The van der Waals surface area contributed by atoms with E-state index >= 15 is 0 Å². The molecule has 0 aliphatic carbocycles. The topological polar surface area (TPSA) is 73.2 Å². The second-order valence-corrected chi connectivity index (χ2v) is 6.10. The van der Waals surface area contributed by atoms with Crippen molar-refractivity contribution in [2.75, 3.05) is 13.7 Å². The van der Waals surface area contributed by atoms with E-state index in [1.807, 2.05) is 41.9 Å². The highest BCUT2D eigenvalue weighted by molar-refractivity contribution is 5.95. The molecule has 0 saturated carbocycles. The number of methoxy groups -OCH3 is 1. The summed E-state index contributed by atoms with van der Waals surface area (Å²) in [7, 11) is 1.41. The lowest BCUT2D eigenvalue weighted by Gasteiger charge is -2.08. The number of hydrogen-bond acceptors (Lipinski definition) is 4. The van der Waals surface area contributed by atoms with Crippen molar-refractivity contribution in [2.45, 2.75) is 45.4 Å². The van der Waals surface area contributed by atoms with Crippen LogP contribution in [-0.4, -0.2) is 35.3 Å². The van der Waals surface area contributed by atoms with Crippen LogP contribution in [0.3, 0.4) is 0 Å². The first kappa shape index (κ1) is 19.7. The molecular weight excluding hydrogens is 330 g/mol. The van der Waals surface area contributed by atoms with E-state index < -0.39 is 0 Å². The fourth-order valence-electron chi connectivity index (χ4n) is 2.84. The lowest BCUT2D eigenvalue weighted by atomic mass is 10.1. The van der Waals surface area contributed by atoms with Crippen LogP contribution in [0.4, 0.5) is 0 Å². The third kappa shape index (κ3) is 5.44. The molecule has 1 aromatic heterocycles. The highest BCUT2D eigenvalue weighted by Crippen LogP contribution is 2.15. The molecule has 140 valence electrons. The maximum atomic E-state index is 12.5. The average Bonchev–Trinajstić information content (AvgIpc) is 3.11. The maximum Gasteiger partial charge on any atom is 0.305 e. The number of ether oxygens (including phenoxy) is 1. The number of nitrogens with one attached hydrogen (secondary N) is 1. The Hall–Kier alpha value is -2.63. The summed E-state index contributed by atoms with van der Waals surface area (Å²) in [6.45, 7) is 2.64. The van der Waals surface area contributed by atoms with Gasteiger partial charge in [-0.1, -0.05) is 38.0 Å². The number of carbonyl (C=O) groups is 2. The SMILES string of the molecule is CCc1c(C(=O)NCCCCCCC(=O)OC)cnn1-c1ccccc1. The number of aromatic nitrogens is 2. The van der Waals surface area contributed by atoms with Crippen LogP contribution in [0.1, 0.15) is 55.1 Å². The number of benzene rings is 1. The summed E-state index contributed by atoms with van der Waals surface area (Å²) in [5.41, 5.74) is 2.49. The number of carbonyl (C=O) groups excluding carboxylic acids is 2. The molecule has 6 nitrogen and oxygen atoms in total. The zero-order chi connectivity index (χ0) is 18.8. The molecule has 1 heterocycles. The molecule has 6 heteroatoms. The summed E-state index contributed by atoms with van der Waals surface area (Å²) in [6, 6.07) is 9.81. The minimum atomic E-state index is -0.166. The van der Waals surface area contributed by atoms with Gasteiger partial charge in [0.1, 0.15) is 0 Å². The Kier molecular flexibility index (Phi) is 7.86. The van der Waals surface area contributed by atoms with Crippen molar-refractivity contribution >= 4 is 11.9 Å². The van der Waals surface area contributed by atoms with Gasteiger partial charge in [0, 0.05) is 13.0 Å². The first-order valence-electron chi connectivity index (χ1n) is 9.14. The Morgan fingerprint density at radius 1 is 1.12 bits per heavy atom. The van der Waals surface area contributed by atoms with Crippen molar-refractivity contribution in [1.82, 2.24) is 15.1 Å². The van der Waals surface area contributed by atoms with Crippen molar-refractivity contribution in [3.8, 4) is 5.69 Å². The minimum absolute atomic E-state index is 0.0846. The molecule has 1 N–H and O–H groups in total. The molecule has 0 atom stereocenters. The summed E-state index contributed by atoms with van der Waals surface area (Å²) in [6.07, 6.45) is 6.47. The number of amides is 1. The second-order valence-electron chi connectivity index (χ2n) is 6.10. The van der Waals surface area contributed by atoms with E-state index in [9.17, 15) is 9.59 Å². The van der Waals surface area contributed by atoms with Crippen LogP contribution in [0.15, 0.2) is 36.5 Å². The van der Waals surface area contributed by atoms with Gasteiger partial charge in [-0.15, -0.1) is 0 Å². The second kappa shape index (κ2) is 10.4. The van der Waals surface area contributed by atoms with E-state index in [4.69, 9.17) is 0 Å². The molecule has 2 rings (SSSR count). The Morgan fingerprint density at radius 2 is 1.85 bits per heavy atom. The summed E-state index contributed by atoms with van der Waals surface area (Å²) in [4.78, 5) is 23.5. The first-order valence-corrected chi connectivity index (χ1v) is 9.14. The highest BCUT2D eigenvalue weighted by atomic mass is 16.5. The Balaban J connectivity index is 1.81. The third-order valence-electron chi connectivity index (χ3n) is 4.27. The Labute approximate surface area is 154 Å². The fraction of sp³-hybridized carbons (Fsp3) is 0.450. The van der Waals surface area contributed by atoms with Crippen LogP contribution in [-0.2, 0) is 16.0 Å². The minimum Gasteiger partial charge on any atom is -0.469 e. The number of esters is 1. The van der Waals surface area contributed by atoms with E-state index in [1.54, 1.807) is 6.20 Å². The van der Waals surface area contributed by atoms with Gasteiger partial charge in [-0.25, -0.2) is 4.68 Å². The molecule has 2 aromatic rings. The maximum absolute atomic E-state index is 12.5. The molecule has 0 saturated heterocycles. The van der Waals surface area contributed by atoms with Crippen LogP contribution in [0.25, 0.3) is 5.69 Å². The van der Waals surface area contributed by atoms with Crippen molar-refractivity contribution in [3.63, 3.8) is 0 Å². The van der Waals surface area contributed by atoms with Gasteiger partial charge in [0.15, 0.2) is 0 Å². The van der Waals surface area contributed by atoms with Gasteiger partial charge in [0.25, 0.3) is 5.91 Å². The Bertz CT molecular complexity index is 710. The zero-order valence-electron chi connectivity index (χ0n) is 15.5. The van der Waals surface area contributed by atoms with Crippen LogP contribution in [0.2, 0.25) is 0 Å². The predicted octanol–water partition coefficient (Wildman–Crippen LogP) is 3.29. The average molecular weight is 357 g/mol. The number of rotatable bonds is 10. The molecule has 1 amide bonds. The van der Waals surface area contributed by atoms with Gasteiger partial charge in [-0.3, -0.25) is 9.59 Å². The van der Waals surface area contributed by atoms with Crippen LogP contribution in [0.5, 0.6) is 0 Å².